The molecule has 0 aliphatic rings. The average Bonchev–Trinajstić information content (AvgIpc) is 1.88. The summed E-state index contributed by atoms with van der Waals surface area (Å²) >= 11 is 0. The van der Waals surface area contributed by atoms with Gasteiger partial charge in [0.25, 0.3) is 0 Å². The summed E-state index contributed by atoms with van der Waals surface area (Å²) in [6.45, 7) is 0. The molecule has 0 fully saturated rings. The third-order valence-corrected chi connectivity index (χ3v) is 2.00. The zero-order chi connectivity index (χ0) is 10.3. The molecule has 0 aromatic carbocycles. The fourth-order valence-corrected chi connectivity index (χ4v) is 0. The molecule has 0 spiro atoms. The second kappa shape index (κ2) is 15.0. The van der Waals surface area contributed by atoms with Crippen molar-refractivity contribution in [3.05, 3.63) is 0 Å². The molecule has 0 aromatic rings. The standard InChI is InChI=1S/Al.Na.2H2O4S2/c;;2*1-5(2)6(3)4/h;;2*(H,1,2)(H,3,4)/q+3;+1;;/p-4. The first-order valence-corrected chi connectivity index (χ1v) is 7.00. The van der Waals surface area contributed by atoms with Crippen LogP contribution >= 0.6 is 0 Å². The Morgan fingerprint density at radius 3 is 0.643 bits per heavy atom. The Balaban J connectivity index is -0.0000000625. The van der Waals surface area contributed by atoms with Gasteiger partial charge in [-0.15, -0.1) is 0 Å². The summed E-state index contributed by atoms with van der Waals surface area (Å²) in [5.41, 5.74) is 0. The maximum atomic E-state index is 9.09. The average molecular weight is 306 g/mol. The first-order chi connectivity index (χ1) is 5.29. The Morgan fingerprint density at radius 1 is 0.571 bits per heavy atom. The van der Waals surface area contributed by atoms with E-state index in [1.54, 1.807) is 0 Å². The van der Waals surface area contributed by atoms with Crippen molar-refractivity contribution in [2.75, 3.05) is 0 Å². The van der Waals surface area contributed by atoms with E-state index in [-0.39, 0.29) is 46.9 Å². The molecule has 0 aromatic heterocycles. The van der Waals surface area contributed by atoms with E-state index in [1.807, 2.05) is 0 Å². The smallest absolute Gasteiger partial charge is 0.763 e. The van der Waals surface area contributed by atoms with E-state index < -0.39 is 40.4 Å². The summed E-state index contributed by atoms with van der Waals surface area (Å²) in [7, 11) is -11.8. The van der Waals surface area contributed by atoms with Crippen LogP contribution < -0.4 is 29.6 Å². The van der Waals surface area contributed by atoms with Gasteiger partial charge in [-0.2, -0.15) is 0 Å². The normalized spacial score (nSPS) is 16.9. The van der Waals surface area contributed by atoms with Gasteiger partial charge in [0.2, 0.25) is 0 Å². The Labute approximate surface area is 121 Å². The molecule has 0 N–H and O–H groups in total. The molecule has 0 radical (unpaired) electrons. The molecular formula is AlNaO8S4. The van der Waals surface area contributed by atoms with E-state index in [0.29, 0.717) is 0 Å². The van der Waals surface area contributed by atoms with Crippen molar-refractivity contribution in [2.24, 2.45) is 0 Å². The molecule has 4 unspecified atom stereocenters. The van der Waals surface area contributed by atoms with Crippen molar-refractivity contribution < 1.29 is 64.6 Å². The summed E-state index contributed by atoms with van der Waals surface area (Å²) in [6.07, 6.45) is 0. The van der Waals surface area contributed by atoms with Crippen molar-refractivity contribution in [3.8, 4) is 0 Å². The largest absolute Gasteiger partial charge is 3.00 e. The minimum absolute atomic E-state index is 0. The van der Waals surface area contributed by atoms with Crippen molar-refractivity contribution in [1.29, 1.82) is 0 Å². The summed E-state index contributed by atoms with van der Waals surface area (Å²) < 4.78 is 72.7. The minimum Gasteiger partial charge on any atom is -0.763 e. The zero-order valence-electron chi connectivity index (χ0n) is 6.48. The van der Waals surface area contributed by atoms with Crippen LogP contribution in [0, 0.1) is 0 Å². The van der Waals surface area contributed by atoms with E-state index in [1.165, 1.54) is 0 Å². The number of hydrogen-bond donors (Lipinski definition) is 0. The maximum absolute atomic E-state index is 9.09. The monoisotopic (exact) mass is 306 g/mol. The van der Waals surface area contributed by atoms with Gasteiger partial charge in [-0.1, -0.05) is 0 Å². The van der Waals surface area contributed by atoms with Crippen molar-refractivity contribution in [2.45, 2.75) is 0 Å². The Kier molecular flexibility index (Phi) is 26.7. The van der Waals surface area contributed by atoms with Crippen LogP contribution in [0.25, 0.3) is 0 Å². The second-order valence-corrected chi connectivity index (χ2v) is 5.72. The molecular weight excluding hydrogens is 306 g/mol. The van der Waals surface area contributed by atoms with E-state index in [4.69, 9.17) is 35.0 Å². The molecule has 0 saturated carbocycles. The first-order valence-electron chi connectivity index (χ1n) is 1.67. The van der Waals surface area contributed by atoms with E-state index in [9.17, 15) is 0 Å². The van der Waals surface area contributed by atoms with Crippen LogP contribution in [0.5, 0.6) is 0 Å². The van der Waals surface area contributed by atoms with Crippen molar-refractivity contribution in [3.63, 3.8) is 0 Å². The first kappa shape index (κ1) is 25.0. The fourth-order valence-electron chi connectivity index (χ4n) is 0. The molecule has 14 heteroatoms. The van der Waals surface area contributed by atoms with Crippen LogP contribution in [-0.2, 0) is 40.4 Å². The van der Waals surface area contributed by atoms with Crippen LogP contribution in [0.1, 0.15) is 0 Å². The molecule has 0 amide bonds. The summed E-state index contributed by atoms with van der Waals surface area (Å²) in [5, 5.41) is 0. The molecule has 76 valence electrons. The molecule has 14 heavy (non-hydrogen) atoms. The van der Waals surface area contributed by atoms with E-state index in [0.717, 1.165) is 0 Å². The summed E-state index contributed by atoms with van der Waals surface area (Å²) in [5.74, 6) is 0. The van der Waals surface area contributed by atoms with Gasteiger partial charge in [0.05, 0.1) is 0 Å². The SMILES string of the molecule is O=S([O-])S(=O)[O-].O=S([O-])S(=O)[O-].[Al+3].[Na+]. The molecule has 0 heterocycles. The van der Waals surface area contributed by atoms with Gasteiger partial charge >= 0.3 is 46.9 Å². The van der Waals surface area contributed by atoms with E-state index in [2.05, 4.69) is 0 Å². The molecule has 8 nitrogen and oxygen atoms in total. The second-order valence-electron chi connectivity index (χ2n) is 0.816. The zero-order valence-corrected chi connectivity index (χ0v) is 12.9. The van der Waals surface area contributed by atoms with Crippen molar-refractivity contribution in [1.82, 2.24) is 0 Å². The van der Waals surface area contributed by atoms with Crippen LogP contribution in [0.2, 0.25) is 0 Å². The van der Waals surface area contributed by atoms with Gasteiger partial charge < -0.3 is 18.2 Å². The Bertz CT molecular complexity index is 177. The Hall–Kier alpha value is 1.97. The predicted molar refractivity (Wildman–Crippen MR) is 41.4 cm³/mol. The van der Waals surface area contributed by atoms with E-state index >= 15 is 0 Å². The van der Waals surface area contributed by atoms with Crippen LogP contribution in [0.4, 0.5) is 0 Å². The molecule has 0 aliphatic heterocycles. The maximum Gasteiger partial charge on any atom is 3.00 e. The minimum atomic E-state index is -2.95. The van der Waals surface area contributed by atoms with Gasteiger partial charge in [-0.3, -0.25) is 16.8 Å². The van der Waals surface area contributed by atoms with Crippen LogP contribution in [0.15, 0.2) is 0 Å². The Morgan fingerprint density at radius 2 is 0.643 bits per heavy atom. The third-order valence-electron chi connectivity index (χ3n) is 0.222. The van der Waals surface area contributed by atoms with Gasteiger partial charge in [0.15, 0.2) is 0 Å². The van der Waals surface area contributed by atoms with Crippen LogP contribution in [-0.4, -0.2) is 52.4 Å². The molecule has 0 aliphatic carbocycles. The molecule has 0 saturated heterocycles. The topological polar surface area (TPSA) is 161 Å². The van der Waals surface area contributed by atoms with Crippen LogP contribution in [0.3, 0.4) is 0 Å². The quantitative estimate of drug-likeness (QED) is 0.276. The predicted octanol–water partition coefficient (Wildman–Crippen LogP) is -6.06. The van der Waals surface area contributed by atoms with Gasteiger partial charge in [0.1, 0.15) is 0 Å². The molecule has 0 rings (SSSR count). The summed E-state index contributed by atoms with van der Waals surface area (Å²) in [4.78, 5) is 0. The number of hydrogen-bond acceptors (Lipinski definition) is 8. The summed E-state index contributed by atoms with van der Waals surface area (Å²) in [6, 6.07) is 0. The molecule has 4 atom stereocenters. The van der Waals surface area contributed by atoms with Gasteiger partial charge in [-0.25, -0.2) is 0 Å². The van der Waals surface area contributed by atoms with Gasteiger partial charge in [-0.05, 0) is 0 Å². The number of rotatable bonds is 2. The third kappa shape index (κ3) is 23.6. The van der Waals surface area contributed by atoms with Crippen molar-refractivity contribution >= 4 is 57.8 Å². The fraction of sp³-hybridized carbons (Fsp3) is 0. The molecule has 0 bridgehead atoms. The van der Waals surface area contributed by atoms with Gasteiger partial charge in [0, 0.05) is 40.4 Å².